The van der Waals surface area contributed by atoms with E-state index < -0.39 is 0 Å². The Labute approximate surface area is 137 Å². The molecule has 0 radical (unpaired) electrons. The normalized spacial score (nSPS) is 17.3. The average molecular weight is 354 g/mol. The summed E-state index contributed by atoms with van der Waals surface area (Å²) < 4.78 is 1.06. The number of halogens is 1. The van der Waals surface area contributed by atoms with E-state index in [2.05, 4.69) is 64.9 Å². The summed E-state index contributed by atoms with van der Waals surface area (Å²) in [6.07, 6.45) is 4.45. The number of pyridine rings is 1. The molecule has 1 saturated heterocycles. The van der Waals surface area contributed by atoms with Gasteiger partial charge in [-0.15, -0.1) is 0 Å². The van der Waals surface area contributed by atoms with Crippen molar-refractivity contribution >= 4 is 21.7 Å². The second-order valence-electron chi connectivity index (χ2n) is 7.04. The Balaban J connectivity index is 2.09. The van der Waals surface area contributed by atoms with Gasteiger partial charge in [-0.2, -0.15) is 0 Å². The van der Waals surface area contributed by atoms with E-state index in [1.165, 1.54) is 18.4 Å². The van der Waals surface area contributed by atoms with Crippen molar-refractivity contribution in [3.8, 4) is 0 Å². The second kappa shape index (κ2) is 7.10. The van der Waals surface area contributed by atoms with Crippen LogP contribution in [-0.4, -0.2) is 24.6 Å². The minimum atomic E-state index is 0.422. The lowest BCUT2D eigenvalue weighted by atomic mass is 9.75. The van der Waals surface area contributed by atoms with Crippen LogP contribution in [0.3, 0.4) is 0 Å². The van der Waals surface area contributed by atoms with Gasteiger partial charge in [-0.05, 0) is 52.7 Å². The van der Waals surface area contributed by atoms with E-state index in [1.807, 2.05) is 6.20 Å². The predicted molar refractivity (Wildman–Crippen MR) is 93.7 cm³/mol. The fourth-order valence-corrected chi connectivity index (χ4v) is 3.48. The largest absolute Gasteiger partial charge is 0.356 e. The lowest BCUT2D eigenvalue weighted by molar-refractivity contribution is 0.198. The molecule has 0 amide bonds. The minimum Gasteiger partial charge on any atom is -0.356 e. The molecule has 1 fully saturated rings. The van der Waals surface area contributed by atoms with Gasteiger partial charge in [0, 0.05) is 35.9 Å². The predicted octanol–water partition coefficient (Wildman–Crippen LogP) is 4.22. The van der Waals surface area contributed by atoms with Gasteiger partial charge in [-0.25, -0.2) is 4.98 Å². The van der Waals surface area contributed by atoms with Gasteiger partial charge in [-0.1, -0.05) is 27.7 Å². The highest BCUT2D eigenvalue weighted by atomic mass is 79.9. The molecule has 3 nitrogen and oxygen atoms in total. The van der Waals surface area contributed by atoms with Crippen LogP contribution in [0.2, 0.25) is 0 Å². The minimum absolute atomic E-state index is 0.422. The van der Waals surface area contributed by atoms with Crippen LogP contribution in [0.25, 0.3) is 0 Å². The molecule has 0 aliphatic carbocycles. The van der Waals surface area contributed by atoms with E-state index in [9.17, 15) is 0 Å². The number of rotatable bonds is 4. The Morgan fingerprint density at radius 1 is 1.33 bits per heavy atom. The first-order chi connectivity index (χ1) is 9.91. The van der Waals surface area contributed by atoms with Crippen molar-refractivity contribution in [1.29, 1.82) is 0 Å². The molecule has 118 valence electrons. The molecule has 1 aromatic heterocycles. The molecule has 1 aliphatic heterocycles. The molecule has 0 atom stereocenters. The summed E-state index contributed by atoms with van der Waals surface area (Å²) in [5.74, 6) is 1.98. The molecule has 0 spiro atoms. The fraction of sp³-hybridized carbons (Fsp3) is 0.706. The molecule has 2 rings (SSSR count). The Bertz CT molecular complexity index is 460. The number of hydrogen-bond acceptors (Lipinski definition) is 3. The first kappa shape index (κ1) is 16.8. The van der Waals surface area contributed by atoms with Crippen molar-refractivity contribution in [3.63, 3.8) is 0 Å². The van der Waals surface area contributed by atoms with Crippen LogP contribution in [0.5, 0.6) is 0 Å². The summed E-state index contributed by atoms with van der Waals surface area (Å²) in [6, 6.07) is 2.20. The van der Waals surface area contributed by atoms with Crippen molar-refractivity contribution in [2.75, 3.05) is 24.5 Å². The van der Waals surface area contributed by atoms with Gasteiger partial charge in [-0.3, -0.25) is 0 Å². The van der Waals surface area contributed by atoms with Gasteiger partial charge < -0.3 is 10.2 Å². The van der Waals surface area contributed by atoms with Gasteiger partial charge in [0.05, 0.1) is 0 Å². The molecule has 1 N–H and O–H groups in total. The summed E-state index contributed by atoms with van der Waals surface area (Å²) in [5.41, 5.74) is 1.71. The van der Waals surface area contributed by atoms with Crippen LogP contribution in [0.4, 0.5) is 5.82 Å². The third kappa shape index (κ3) is 4.43. The van der Waals surface area contributed by atoms with E-state index in [1.54, 1.807) is 0 Å². The highest BCUT2D eigenvalue weighted by molar-refractivity contribution is 9.10. The number of aromatic nitrogens is 1. The Kier molecular flexibility index (Phi) is 5.67. The summed E-state index contributed by atoms with van der Waals surface area (Å²) in [7, 11) is 0. The molecule has 0 bridgehead atoms. The molecule has 1 aliphatic rings. The van der Waals surface area contributed by atoms with Crippen molar-refractivity contribution in [2.24, 2.45) is 11.3 Å². The molecule has 0 saturated carbocycles. The molecular formula is C17H28BrN3. The maximum absolute atomic E-state index is 4.68. The maximum Gasteiger partial charge on any atom is 0.133 e. The zero-order chi connectivity index (χ0) is 15.5. The van der Waals surface area contributed by atoms with Crippen LogP contribution < -0.4 is 10.2 Å². The Hall–Kier alpha value is -0.610. The number of nitrogens with one attached hydrogen (secondary N) is 1. The molecular weight excluding hydrogens is 326 g/mol. The van der Waals surface area contributed by atoms with Crippen LogP contribution >= 0.6 is 15.9 Å². The third-order valence-electron chi connectivity index (χ3n) is 4.49. The number of piperidine rings is 1. The quantitative estimate of drug-likeness (QED) is 0.878. The van der Waals surface area contributed by atoms with E-state index in [4.69, 9.17) is 0 Å². The zero-order valence-corrected chi connectivity index (χ0v) is 15.3. The smallest absolute Gasteiger partial charge is 0.133 e. The van der Waals surface area contributed by atoms with E-state index in [0.29, 0.717) is 5.41 Å². The van der Waals surface area contributed by atoms with Crippen LogP contribution in [-0.2, 0) is 6.54 Å². The molecule has 1 aromatic rings. The van der Waals surface area contributed by atoms with Gasteiger partial charge in [0.2, 0.25) is 0 Å². The maximum atomic E-state index is 4.68. The highest BCUT2D eigenvalue weighted by Crippen LogP contribution is 2.36. The summed E-state index contributed by atoms with van der Waals surface area (Å²) in [5, 5.41) is 3.42. The topological polar surface area (TPSA) is 28.2 Å². The molecule has 0 unspecified atom stereocenters. The van der Waals surface area contributed by atoms with E-state index in [-0.39, 0.29) is 0 Å². The summed E-state index contributed by atoms with van der Waals surface area (Å²) in [4.78, 5) is 7.14. The first-order valence-corrected chi connectivity index (χ1v) is 8.81. The number of anilines is 1. The van der Waals surface area contributed by atoms with Crippen molar-refractivity contribution in [1.82, 2.24) is 10.3 Å². The van der Waals surface area contributed by atoms with Crippen LogP contribution in [0.15, 0.2) is 16.7 Å². The molecule has 21 heavy (non-hydrogen) atoms. The highest BCUT2D eigenvalue weighted by Gasteiger charge is 2.29. The standard InChI is InChI=1S/C17H28BrN3/c1-5-19-11-13-10-15(18)12-20-16(13)21-8-6-14(7-9-21)17(2,3)4/h10,12,14,19H,5-9,11H2,1-4H3. The fourth-order valence-electron chi connectivity index (χ4n) is 3.11. The van der Waals surface area contributed by atoms with Crippen LogP contribution in [0.1, 0.15) is 46.1 Å². The van der Waals surface area contributed by atoms with Crippen LogP contribution in [0, 0.1) is 11.3 Å². The van der Waals surface area contributed by atoms with Gasteiger partial charge >= 0.3 is 0 Å². The van der Waals surface area contributed by atoms with Crippen molar-refractivity contribution < 1.29 is 0 Å². The third-order valence-corrected chi connectivity index (χ3v) is 4.93. The first-order valence-electron chi connectivity index (χ1n) is 8.02. The SMILES string of the molecule is CCNCc1cc(Br)cnc1N1CCC(C(C)(C)C)CC1. The van der Waals surface area contributed by atoms with Gasteiger partial charge in [0.25, 0.3) is 0 Å². The van der Waals surface area contributed by atoms with E-state index >= 15 is 0 Å². The Morgan fingerprint density at radius 3 is 2.57 bits per heavy atom. The monoisotopic (exact) mass is 353 g/mol. The summed E-state index contributed by atoms with van der Waals surface area (Å²) in [6.45, 7) is 13.3. The van der Waals surface area contributed by atoms with Gasteiger partial charge in [0.1, 0.15) is 5.82 Å². The second-order valence-corrected chi connectivity index (χ2v) is 7.96. The average Bonchev–Trinajstić information content (AvgIpc) is 2.44. The lowest BCUT2D eigenvalue weighted by Crippen LogP contribution is -2.39. The Morgan fingerprint density at radius 2 is 2.00 bits per heavy atom. The molecule has 2 heterocycles. The summed E-state index contributed by atoms with van der Waals surface area (Å²) >= 11 is 3.54. The zero-order valence-electron chi connectivity index (χ0n) is 13.7. The molecule has 0 aromatic carbocycles. The van der Waals surface area contributed by atoms with E-state index in [0.717, 1.165) is 42.4 Å². The number of hydrogen-bond donors (Lipinski definition) is 1. The molecule has 4 heteroatoms. The number of nitrogens with zero attached hydrogens (tertiary/aromatic N) is 2. The van der Waals surface area contributed by atoms with Crippen molar-refractivity contribution in [2.45, 2.75) is 47.1 Å². The van der Waals surface area contributed by atoms with Crippen molar-refractivity contribution in [3.05, 3.63) is 22.3 Å². The lowest BCUT2D eigenvalue weighted by Gasteiger charge is -2.39. The van der Waals surface area contributed by atoms with Gasteiger partial charge in [0.15, 0.2) is 0 Å².